The van der Waals surface area contributed by atoms with Crippen molar-refractivity contribution >= 4 is 0 Å². The van der Waals surface area contributed by atoms with E-state index in [1.54, 1.807) is 30.3 Å². The van der Waals surface area contributed by atoms with Crippen LogP contribution in [-0.2, 0) is 0 Å². The van der Waals surface area contributed by atoms with Gasteiger partial charge in [0.05, 0.1) is 0 Å². The van der Waals surface area contributed by atoms with Gasteiger partial charge in [0.15, 0.2) is 23.3 Å². The molecule has 1 aromatic heterocycles. The lowest BCUT2D eigenvalue weighted by Crippen LogP contribution is -2.10. The molecule has 0 fully saturated rings. The lowest BCUT2D eigenvalue weighted by atomic mass is 10.2. The lowest BCUT2D eigenvalue weighted by Gasteiger charge is -2.12. The van der Waals surface area contributed by atoms with Crippen LogP contribution in [0.5, 0.6) is 0 Å². The summed E-state index contributed by atoms with van der Waals surface area (Å²) in [5.41, 5.74) is -0.593. The topological polar surface area (TPSA) is 17.8 Å². The highest BCUT2D eigenvalue weighted by Crippen LogP contribution is 2.29. The molecule has 0 N–H and O–H groups in total. The number of aromatic nitrogens is 2. The Hall–Kier alpha value is -2.70. The highest BCUT2D eigenvalue weighted by Gasteiger charge is 2.28. The van der Waals surface area contributed by atoms with Crippen LogP contribution in [0.1, 0.15) is 0 Å². The molecule has 112 valence electrons. The molecule has 0 unspecified atom stereocenters. The molecule has 22 heavy (non-hydrogen) atoms. The third-order valence-corrected chi connectivity index (χ3v) is 3.10. The number of imidazole rings is 1. The largest absolute Gasteiger partial charge is 0.294 e. The molecule has 2 aromatic carbocycles. The van der Waals surface area contributed by atoms with Crippen LogP contribution < -0.4 is 0 Å². The fourth-order valence-corrected chi connectivity index (χ4v) is 2.09. The highest BCUT2D eigenvalue weighted by atomic mass is 19.2. The number of halogens is 5. The number of hydrogen-bond donors (Lipinski definition) is 0. The van der Waals surface area contributed by atoms with E-state index in [2.05, 4.69) is 4.98 Å². The molecule has 0 radical (unpaired) electrons. The molecule has 0 spiro atoms. The van der Waals surface area contributed by atoms with Gasteiger partial charge in [-0.1, -0.05) is 30.3 Å². The van der Waals surface area contributed by atoms with Gasteiger partial charge in [-0.3, -0.25) is 4.57 Å². The maximum atomic E-state index is 13.9. The standard InChI is InChI=1S/C15H7F5N2/c16-9-10(17)12(19)14(13(20)11(9)18)22-7-6-21-15(22)8-4-2-1-3-5-8/h1-7H. The third-order valence-electron chi connectivity index (χ3n) is 3.10. The zero-order valence-electron chi connectivity index (χ0n) is 10.8. The van der Waals surface area contributed by atoms with Gasteiger partial charge in [0.25, 0.3) is 0 Å². The van der Waals surface area contributed by atoms with Crippen molar-refractivity contribution in [2.24, 2.45) is 0 Å². The van der Waals surface area contributed by atoms with E-state index in [4.69, 9.17) is 0 Å². The Kier molecular flexibility index (Phi) is 3.40. The van der Waals surface area contributed by atoms with Crippen molar-refractivity contribution in [1.29, 1.82) is 0 Å². The Morgan fingerprint density at radius 3 is 1.86 bits per heavy atom. The number of hydrogen-bond acceptors (Lipinski definition) is 1. The van der Waals surface area contributed by atoms with Gasteiger partial charge in [-0.05, 0) is 0 Å². The van der Waals surface area contributed by atoms with E-state index in [1.807, 2.05) is 0 Å². The van der Waals surface area contributed by atoms with Crippen molar-refractivity contribution < 1.29 is 22.0 Å². The summed E-state index contributed by atoms with van der Waals surface area (Å²) in [5.74, 6) is -9.95. The van der Waals surface area contributed by atoms with E-state index < -0.39 is 34.8 Å². The second-order valence-electron chi connectivity index (χ2n) is 4.41. The van der Waals surface area contributed by atoms with Crippen molar-refractivity contribution in [2.45, 2.75) is 0 Å². The second-order valence-corrected chi connectivity index (χ2v) is 4.41. The van der Waals surface area contributed by atoms with Crippen LogP contribution in [0.3, 0.4) is 0 Å². The van der Waals surface area contributed by atoms with Gasteiger partial charge >= 0.3 is 0 Å². The van der Waals surface area contributed by atoms with Crippen LogP contribution in [-0.4, -0.2) is 9.55 Å². The number of benzene rings is 2. The maximum Gasteiger partial charge on any atom is 0.200 e. The zero-order valence-corrected chi connectivity index (χ0v) is 10.8. The number of rotatable bonds is 2. The van der Waals surface area contributed by atoms with E-state index in [9.17, 15) is 22.0 Å². The molecule has 0 atom stereocenters. The molecule has 0 aliphatic heterocycles. The molecular formula is C15H7F5N2. The smallest absolute Gasteiger partial charge is 0.200 e. The molecule has 3 aromatic rings. The average Bonchev–Trinajstić information content (AvgIpc) is 3.01. The van der Waals surface area contributed by atoms with Gasteiger partial charge < -0.3 is 0 Å². The molecule has 0 amide bonds. The summed E-state index contributed by atoms with van der Waals surface area (Å²) >= 11 is 0. The van der Waals surface area contributed by atoms with E-state index in [0.717, 1.165) is 10.8 Å². The fourth-order valence-electron chi connectivity index (χ4n) is 2.09. The van der Waals surface area contributed by atoms with Crippen LogP contribution in [0.2, 0.25) is 0 Å². The summed E-state index contributed by atoms with van der Waals surface area (Å²) in [7, 11) is 0. The molecule has 0 aliphatic rings. The summed E-state index contributed by atoms with van der Waals surface area (Å²) < 4.78 is 68.4. The Labute approximate surface area is 121 Å². The Morgan fingerprint density at radius 2 is 1.27 bits per heavy atom. The first-order valence-corrected chi connectivity index (χ1v) is 6.13. The van der Waals surface area contributed by atoms with E-state index in [-0.39, 0.29) is 5.82 Å². The highest BCUT2D eigenvalue weighted by molar-refractivity contribution is 5.59. The quantitative estimate of drug-likeness (QED) is 0.393. The predicted octanol–water partition coefficient (Wildman–Crippen LogP) is 4.23. The fraction of sp³-hybridized carbons (Fsp3) is 0. The average molecular weight is 310 g/mol. The molecule has 3 rings (SSSR count). The van der Waals surface area contributed by atoms with Crippen molar-refractivity contribution in [3.8, 4) is 17.1 Å². The molecular weight excluding hydrogens is 303 g/mol. The molecule has 0 saturated heterocycles. The molecule has 1 heterocycles. The van der Waals surface area contributed by atoms with Gasteiger partial charge in [0.1, 0.15) is 11.5 Å². The van der Waals surface area contributed by atoms with Crippen molar-refractivity contribution in [1.82, 2.24) is 9.55 Å². The van der Waals surface area contributed by atoms with E-state index >= 15 is 0 Å². The first-order chi connectivity index (χ1) is 10.5. The van der Waals surface area contributed by atoms with Gasteiger partial charge in [0, 0.05) is 18.0 Å². The lowest BCUT2D eigenvalue weighted by molar-refractivity contribution is 0.375. The minimum absolute atomic E-state index is 0.0591. The Bertz CT molecular complexity index is 814. The van der Waals surface area contributed by atoms with Crippen LogP contribution in [0.4, 0.5) is 22.0 Å². The number of nitrogens with zero attached hydrogens (tertiary/aromatic N) is 2. The minimum atomic E-state index is -2.19. The van der Waals surface area contributed by atoms with Crippen LogP contribution in [0.15, 0.2) is 42.7 Å². The SMILES string of the molecule is Fc1c(F)c(F)c(-n2ccnc2-c2ccccc2)c(F)c1F. The van der Waals surface area contributed by atoms with Crippen molar-refractivity contribution in [3.63, 3.8) is 0 Å². The monoisotopic (exact) mass is 310 g/mol. The first kappa shape index (κ1) is 14.2. The van der Waals surface area contributed by atoms with Gasteiger partial charge in [-0.2, -0.15) is 0 Å². The summed E-state index contributed by atoms with van der Waals surface area (Å²) in [6.45, 7) is 0. The third kappa shape index (κ3) is 2.05. The zero-order chi connectivity index (χ0) is 15.9. The molecule has 0 saturated carbocycles. The van der Waals surface area contributed by atoms with E-state index in [0.29, 0.717) is 5.56 Å². The van der Waals surface area contributed by atoms with Crippen molar-refractivity contribution in [3.05, 3.63) is 71.8 Å². The van der Waals surface area contributed by atoms with E-state index in [1.165, 1.54) is 6.20 Å². The van der Waals surface area contributed by atoms with Gasteiger partial charge in [-0.25, -0.2) is 26.9 Å². The first-order valence-electron chi connectivity index (χ1n) is 6.13. The second kappa shape index (κ2) is 5.25. The predicted molar refractivity (Wildman–Crippen MR) is 68.8 cm³/mol. The summed E-state index contributed by atoms with van der Waals surface area (Å²) in [5, 5.41) is 0. The molecule has 7 heteroatoms. The minimum Gasteiger partial charge on any atom is -0.294 e. The summed E-state index contributed by atoms with van der Waals surface area (Å²) in [6, 6.07) is 8.24. The van der Waals surface area contributed by atoms with Crippen LogP contribution in [0.25, 0.3) is 17.1 Å². The Morgan fingerprint density at radius 1 is 0.727 bits per heavy atom. The Balaban J connectivity index is 2.29. The molecule has 0 bridgehead atoms. The maximum absolute atomic E-state index is 13.9. The van der Waals surface area contributed by atoms with Crippen LogP contribution >= 0.6 is 0 Å². The summed E-state index contributed by atoms with van der Waals surface area (Å²) in [6.07, 6.45) is 2.33. The van der Waals surface area contributed by atoms with Gasteiger partial charge in [0.2, 0.25) is 5.82 Å². The van der Waals surface area contributed by atoms with Gasteiger partial charge in [-0.15, -0.1) is 0 Å². The normalized spacial score (nSPS) is 11.0. The molecule has 0 aliphatic carbocycles. The summed E-state index contributed by atoms with van der Waals surface area (Å²) in [4.78, 5) is 3.92. The van der Waals surface area contributed by atoms with Crippen LogP contribution in [0, 0.1) is 29.1 Å². The molecule has 2 nitrogen and oxygen atoms in total. The van der Waals surface area contributed by atoms with Crippen molar-refractivity contribution in [2.75, 3.05) is 0 Å².